The molecule has 8 heteroatoms. The molecule has 0 bridgehead atoms. The first-order valence-electron chi connectivity index (χ1n) is 10.8. The third kappa shape index (κ3) is 4.28. The van der Waals surface area contributed by atoms with Gasteiger partial charge in [-0.2, -0.15) is 0 Å². The number of carbonyl (C=O) groups excluding carboxylic acids is 4. The predicted molar refractivity (Wildman–Crippen MR) is 139 cm³/mol. The first kappa shape index (κ1) is 23.5. The van der Waals surface area contributed by atoms with Gasteiger partial charge in [0.15, 0.2) is 11.6 Å². The lowest BCUT2D eigenvalue weighted by molar-refractivity contribution is 0.0977. The van der Waals surface area contributed by atoms with Crippen LogP contribution in [-0.4, -0.2) is 23.4 Å². The van der Waals surface area contributed by atoms with E-state index in [0.29, 0.717) is 10.0 Å². The van der Waals surface area contributed by atoms with Gasteiger partial charge in [-0.15, -0.1) is 0 Å². The second-order valence-corrected chi connectivity index (χ2v) is 8.92. The van der Waals surface area contributed by atoms with Crippen molar-refractivity contribution in [2.45, 2.75) is 0 Å². The number of fused-ring (bicyclic) bond motifs is 2. The molecular weight excluding hydrogens is 499 g/mol. The molecule has 2 N–H and O–H groups in total. The lowest BCUT2D eigenvalue weighted by Crippen LogP contribution is -2.26. The smallest absolute Gasteiger partial charge is 0.255 e. The molecule has 176 valence electrons. The Bertz CT molecular complexity index is 1480. The van der Waals surface area contributed by atoms with Gasteiger partial charge in [-0.3, -0.25) is 19.2 Å². The second kappa shape index (κ2) is 9.41. The molecule has 36 heavy (non-hydrogen) atoms. The van der Waals surface area contributed by atoms with Crippen molar-refractivity contribution < 1.29 is 19.2 Å². The number of amides is 2. The summed E-state index contributed by atoms with van der Waals surface area (Å²) in [6.07, 6.45) is 0. The van der Waals surface area contributed by atoms with Crippen molar-refractivity contribution in [3.05, 3.63) is 128 Å². The Morgan fingerprint density at radius 1 is 0.556 bits per heavy atom. The number of carbonyl (C=O) groups is 4. The van der Waals surface area contributed by atoms with Crippen LogP contribution in [0.2, 0.25) is 10.0 Å². The van der Waals surface area contributed by atoms with Crippen LogP contribution in [0.3, 0.4) is 0 Å². The molecule has 6 nitrogen and oxygen atoms in total. The minimum atomic E-state index is -0.505. The number of rotatable bonds is 4. The van der Waals surface area contributed by atoms with Crippen LogP contribution in [-0.2, 0) is 0 Å². The highest BCUT2D eigenvalue weighted by atomic mass is 35.5. The van der Waals surface area contributed by atoms with E-state index in [2.05, 4.69) is 10.6 Å². The van der Waals surface area contributed by atoms with Crippen LogP contribution in [0.25, 0.3) is 0 Å². The van der Waals surface area contributed by atoms with Gasteiger partial charge in [0, 0.05) is 32.3 Å². The van der Waals surface area contributed by atoms with Gasteiger partial charge in [0.05, 0.1) is 22.5 Å². The van der Waals surface area contributed by atoms with E-state index in [0.717, 1.165) is 0 Å². The lowest BCUT2D eigenvalue weighted by atomic mass is 9.82. The van der Waals surface area contributed by atoms with E-state index in [1.54, 1.807) is 60.7 Å². The standard InChI is InChI=1S/C28H16Cl2N2O4/c29-17-7-3-5-15(13-17)27(35)31-21-11-12-22(32-28(36)16-6-4-8-18(30)14-16)24-23(21)25(33)19-9-1-2-10-20(19)26(24)34/h1-14H,(H,31,35)(H,32,36). The molecule has 0 unspecified atom stereocenters. The van der Waals surface area contributed by atoms with E-state index < -0.39 is 23.4 Å². The maximum Gasteiger partial charge on any atom is 0.255 e. The fourth-order valence-corrected chi connectivity index (χ4v) is 4.46. The van der Waals surface area contributed by atoms with Gasteiger partial charge in [0.1, 0.15) is 0 Å². The zero-order chi connectivity index (χ0) is 25.4. The number of hydrogen-bond acceptors (Lipinski definition) is 4. The van der Waals surface area contributed by atoms with Crippen LogP contribution >= 0.6 is 23.2 Å². The van der Waals surface area contributed by atoms with Crippen LogP contribution in [0.15, 0.2) is 84.9 Å². The summed E-state index contributed by atoms with van der Waals surface area (Å²) in [5.41, 5.74) is 1.27. The zero-order valence-corrected chi connectivity index (χ0v) is 20.0. The van der Waals surface area contributed by atoms with Gasteiger partial charge in [0.2, 0.25) is 0 Å². The topological polar surface area (TPSA) is 92.3 Å². The Labute approximate surface area is 215 Å². The van der Waals surface area contributed by atoms with Crippen LogP contribution < -0.4 is 10.6 Å². The molecule has 1 aliphatic carbocycles. The van der Waals surface area contributed by atoms with E-state index >= 15 is 0 Å². The number of nitrogens with one attached hydrogen (secondary N) is 2. The molecule has 0 aromatic heterocycles. The van der Waals surface area contributed by atoms with Gasteiger partial charge in [-0.25, -0.2) is 0 Å². The molecule has 4 aromatic rings. The molecular formula is C28H16Cl2N2O4. The Morgan fingerprint density at radius 3 is 1.36 bits per heavy atom. The second-order valence-electron chi connectivity index (χ2n) is 8.04. The fourth-order valence-electron chi connectivity index (χ4n) is 4.08. The summed E-state index contributed by atoms with van der Waals surface area (Å²) in [5.74, 6) is -1.90. The third-order valence-electron chi connectivity index (χ3n) is 5.75. The highest BCUT2D eigenvalue weighted by Crippen LogP contribution is 2.37. The molecule has 0 heterocycles. The van der Waals surface area contributed by atoms with Crippen LogP contribution in [0.5, 0.6) is 0 Å². The number of hydrogen-bond donors (Lipinski definition) is 2. The minimum Gasteiger partial charge on any atom is -0.321 e. The Hall–Kier alpha value is -4.26. The molecule has 2 amide bonds. The maximum atomic E-state index is 13.5. The van der Waals surface area contributed by atoms with Gasteiger partial charge >= 0.3 is 0 Å². The Kier molecular flexibility index (Phi) is 6.14. The average molecular weight is 515 g/mol. The SMILES string of the molecule is O=C(Nc1ccc(NC(=O)c2cccc(Cl)c2)c2c1C(=O)c1ccccc1C2=O)c1cccc(Cl)c1. The molecule has 4 aromatic carbocycles. The van der Waals surface area contributed by atoms with Crippen LogP contribution in [0.4, 0.5) is 11.4 Å². The van der Waals surface area contributed by atoms with E-state index in [9.17, 15) is 19.2 Å². The summed E-state index contributed by atoms with van der Waals surface area (Å²) in [6, 6.07) is 22.1. The highest BCUT2D eigenvalue weighted by Gasteiger charge is 2.34. The van der Waals surface area contributed by atoms with Gasteiger partial charge < -0.3 is 10.6 Å². The van der Waals surface area contributed by atoms with E-state index in [1.807, 2.05) is 0 Å². The number of anilines is 2. The molecule has 0 spiro atoms. The first-order valence-corrected chi connectivity index (χ1v) is 11.6. The predicted octanol–water partition coefficient (Wildman–Crippen LogP) is 6.27. The van der Waals surface area contributed by atoms with E-state index in [-0.39, 0.29) is 44.8 Å². The summed E-state index contributed by atoms with van der Waals surface area (Å²) in [7, 11) is 0. The van der Waals surface area contributed by atoms with Crippen molar-refractivity contribution in [2.75, 3.05) is 10.6 Å². The van der Waals surface area contributed by atoms with Crippen molar-refractivity contribution in [1.29, 1.82) is 0 Å². The molecule has 0 radical (unpaired) electrons. The number of benzene rings is 4. The average Bonchev–Trinajstić information content (AvgIpc) is 2.88. The largest absolute Gasteiger partial charge is 0.321 e. The first-order chi connectivity index (χ1) is 17.3. The lowest BCUT2D eigenvalue weighted by Gasteiger charge is -2.23. The van der Waals surface area contributed by atoms with Gasteiger partial charge in [-0.1, -0.05) is 59.6 Å². The van der Waals surface area contributed by atoms with E-state index in [1.165, 1.54) is 24.3 Å². The number of halogens is 2. The number of ketones is 2. The van der Waals surface area contributed by atoms with Crippen molar-refractivity contribution >= 4 is 58.0 Å². The Balaban J connectivity index is 1.60. The van der Waals surface area contributed by atoms with E-state index in [4.69, 9.17) is 23.2 Å². The van der Waals surface area contributed by atoms with Crippen LogP contribution in [0.1, 0.15) is 52.6 Å². The zero-order valence-electron chi connectivity index (χ0n) is 18.5. The van der Waals surface area contributed by atoms with Gasteiger partial charge in [-0.05, 0) is 48.5 Å². The summed E-state index contributed by atoms with van der Waals surface area (Å²) in [6.45, 7) is 0. The maximum absolute atomic E-state index is 13.5. The molecule has 0 atom stereocenters. The minimum absolute atomic E-state index is 0.00188. The monoisotopic (exact) mass is 514 g/mol. The fraction of sp³-hybridized carbons (Fsp3) is 0. The highest BCUT2D eigenvalue weighted by molar-refractivity contribution is 6.34. The molecule has 0 aliphatic heterocycles. The molecule has 0 saturated carbocycles. The van der Waals surface area contributed by atoms with Crippen LogP contribution in [0, 0.1) is 0 Å². The van der Waals surface area contributed by atoms with Gasteiger partial charge in [0.25, 0.3) is 11.8 Å². The Morgan fingerprint density at radius 2 is 0.972 bits per heavy atom. The molecule has 0 fully saturated rings. The summed E-state index contributed by atoms with van der Waals surface area (Å²) in [5, 5.41) is 6.19. The molecule has 1 aliphatic rings. The van der Waals surface area contributed by atoms with Crippen molar-refractivity contribution in [1.82, 2.24) is 0 Å². The summed E-state index contributed by atoms with van der Waals surface area (Å²) < 4.78 is 0. The normalized spacial score (nSPS) is 11.9. The molecule has 5 rings (SSSR count). The van der Waals surface area contributed by atoms with Crippen molar-refractivity contribution in [3.8, 4) is 0 Å². The third-order valence-corrected chi connectivity index (χ3v) is 6.22. The van der Waals surface area contributed by atoms with Crippen molar-refractivity contribution in [3.63, 3.8) is 0 Å². The quantitative estimate of drug-likeness (QED) is 0.295. The molecule has 0 saturated heterocycles. The van der Waals surface area contributed by atoms with Crippen molar-refractivity contribution in [2.24, 2.45) is 0 Å². The summed E-state index contributed by atoms with van der Waals surface area (Å²) in [4.78, 5) is 52.9. The summed E-state index contributed by atoms with van der Waals surface area (Å²) >= 11 is 12.0.